The SMILES string of the molecule is NCC(=O)c1nc2ccncn2c1Cl. The summed E-state index contributed by atoms with van der Waals surface area (Å²) in [5.41, 5.74) is 6.00. The topological polar surface area (TPSA) is 73.3 Å². The van der Waals surface area contributed by atoms with Gasteiger partial charge in [0.05, 0.1) is 6.54 Å². The van der Waals surface area contributed by atoms with Gasteiger partial charge in [-0.15, -0.1) is 0 Å². The average Bonchev–Trinajstić information content (AvgIpc) is 2.56. The molecule has 0 saturated carbocycles. The number of rotatable bonds is 2. The molecule has 0 saturated heterocycles. The minimum atomic E-state index is -0.279. The Bertz CT molecular complexity index is 493. The Kier molecular flexibility index (Phi) is 2.18. The quantitative estimate of drug-likeness (QED) is 0.734. The lowest BCUT2D eigenvalue weighted by atomic mass is 10.3. The second-order valence-corrected chi connectivity index (χ2v) is 3.05. The first kappa shape index (κ1) is 9.11. The second kappa shape index (κ2) is 3.36. The molecular formula is C8H7ClN4O. The van der Waals surface area contributed by atoms with Crippen LogP contribution in [-0.2, 0) is 0 Å². The molecule has 2 rings (SSSR count). The number of hydrogen-bond acceptors (Lipinski definition) is 4. The molecule has 2 heterocycles. The summed E-state index contributed by atoms with van der Waals surface area (Å²) in [4.78, 5) is 19.2. The second-order valence-electron chi connectivity index (χ2n) is 2.69. The largest absolute Gasteiger partial charge is 0.324 e. The Morgan fingerprint density at radius 2 is 2.43 bits per heavy atom. The average molecular weight is 211 g/mol. The minimum Gasteiger partial charge on any atom is -0.324 e. The van der Waals surface area contributed by atoms with Crippen molar-refractivity contribution in [3.05, 3.63) is 29.4 Å². The first-order valence-electron chi connectivity index (χ1n) is 3.95. The lowest BCUT2D eigenvalue weighted by Gasteiger charge is -1.92. The molecule has 0 fully saturated rings. The molecule has 0 amide bonds. The van der Waals surface area contributed by atoms with E-state index in [9.17, 15) is 4.79 Å². The predicted octanol–water partition coefficient (Wildman–Crippen LogP) is 0.524. The van der Waals surface area contributed by atoms with Crippen molar-refractivity contribution in [1.82, 2.24) is 14.4 Å². The van der Waals surface area contributed by atoms with Gasteiger partial charge in [-0.1, -0.05) is 11.6 Å². The first-order valence-corrected chi connectivity index (χ1v) is 4.32. The third kappa shape index (κ3) is 1.26. The predicted molar refractivity (Wildman–Crippen MR) is 51.4 cm³/mol. The standard InChI is InChI=1S/C8H7ClN4O/c9-8-7(5(14)3-10)12-6-1-2-11-4-13(6)8/h1-2,4H,3,10H2. The number of fused-ring (bicyclic) bond motifs is 1. The van der Waals surface area contributed by atoms with E-state index in [1.54, 1.807) is 12.3 Å². The number of nitrogens with zero attached hydrogens (tertiary/aromatic N) is 3. The van der Waals surface area contributed by atoms with Gasteiger partial charge in [-0.25, -0.2) is 9.97 Å². The first-order chi connectivity index (χ1) is 6.74. The summed E-state index contributed by atoms with van der Waals surface area (Å²) in [7, 11) is 0. The number of ketones is 1. The van der Waals surface area contributed by atoms with E-state index in [1.165, 1.54) is 10.7 Å². The Balaban J connectivity index is 2.68. The molecule has 2 N–H and O–H groups in total. The summed E-state index contributed by atoms with van der Waals surface area (Å²) in [5.74, 6) is -0.279. The highest BCUT2D eigenvalue weighted by molar-refractivity contribution is 6.33. The molecule has 0 aromatic carbocycles. The number of nitrogens with two attached hydrogens (primary N) is 1. The van der Waals surface area contributed by atoms with E-state index in [-0.39, 0.29) is 23.2 Å². The van der Waals surface area contributed by atoms with Gasteiger partial charge in [0.25, 0.3) is 0 Å². The van der Waals surface area contributed by atoms with Crippen LogP contribution >= 0.6 is 11.6 Å². The lowest BCUT2D eigenvalue weighted by Crippen LogP contribution is -2.14. The summed E-state index contributed by atoms with van der Waals surface area (Å²) < 4.78 is 1.53. The molecule has 14 heavy (non-hydrogen) atoms. The highest BCUT2D eigenvalue weighted by atomic mass is 35.5. The number of hydrogen-bond donors (Lipinski definition) is 1. The van der Waals surface area contributed by atoms with Crippen LogP contribution in [-0.4, -0.2) is 26.7 Å². The number of carbonyl (C=O) groups excluding carboxylic acids is 1. The fourth-order valence-corrected chi connectivity index (χ4v) is 1.42. The number of imidazole rings is 1. The Morgan fingerprint density at radius 1 is 1.64 bits per heavy atom. The van der Waals surface area contributed by atoms with E-state index < -0.39 is 0 Å². The van der Waals surface area contributed by atoms with Crippen LogP contribution in [0.15, 0.2) is 18.6 Å². The van der Waals surface area contributed by atoms with E-state index in [0.29, 0.717) is 5.65 Å². The minimum absolute atomic E-state index is 0.100. The molecule has 0 bridgehead atoms. The summed E-state index contributed by atoms with van der Waals surface area (Å²) in [6.45, 7) is -0.100. The summed E-state index contributed by atoms with van der Waals surface area (Å²) in [6, 6.07) is 1.67. The highest BCUT2D eigenvalue weighted by Crippen LogP contribution is 2.17. The van der Waals surface area contributed by atoms with Gasteiger partial charge in [-0.3, -0.25) is 9.20 Å². The zero-order valence-electron chi connectivity index (χ0n) is 7.14. The molecule has 5 nitrogen and oxygen atoms in total. The Hall–Kier alpha value is -1.46. The fourth-order valence-electron chi connectivity index (χ4n) is 1.15. The van der Waals surface area contributed by atoms with Crippen LogP contribution in [0.4, 0.5) is 0 Å². The molecule has 2 aromatic rings. The Morgan fingerprint density at radius 3 is 3.07 bits per heavy atom. The van der Waals surface area contributed by atoms with Crippen LogP contribution in [0.3, 0.4) is 0 Å². The molecule has 0 spiro atoms. The van der Waals surface area contributed by atoms with Crippen molar-refractivity contribution in [2.45, 2.75) is 0 Å². The number of carbonyl (C=O) groups is 1. The van der Waals surface area contributed by atoms with Crippen molar-refractivity contribution in [1.29, 1.82) is 0 Å². The molecule has 72 valence electrons. The molecule has 0 aliphatic rings. The van der Waals surface area contributed by atoms with Gasteiger partial charge in [-0.2, -0.15) is 0 Å². The van der Waals surface area contributed by atoms with Gasteiger partial charge >= 0.3 is 0 Å². The maximum Gasteiger partial charge on any atom is 0.197 e. The maximum absolute atomic E-state index is 11.3. The van der Waals surface area contributed by atoms with Gasteiger partial charge in [0.15, 0.2) is 5.78 Å². The fraction of sp³-hybridized carbons (Fsp3) is 0.125. The number of aromatic nitrogens is 3. The highest BCUT2D eigenvalue weighted by Gasteiger charge is 2.15. The van der Waals surface area contributed by atoms with Crippen molar-refractivity contribution >= 4 is 23.0 Å². The van der Waals surface area contributed by atoms with E-state index in [0.717, 1.165) is 0 Å². The van der Waals surface area contributed by atoms with Crippen LogP contribution in [0.1, 0.15) is 10.5 Å². The maximum atomic E-state index is 11.3. The van der Waals surface area contributed by atoms with Crippen LogP contribution < -0.4 is 5.73 Å². The van der Waals surface area contributed by atoms with E-state index in [1.807, 2.05) is 0 Å². The van der Waals surface area contributed by atoms with E-state index in [2.05, 4.69) is 9.97 Å². The van der Waals surface area contributed by atoms with Gasteiger partial charge < -0.3 is 5.73 Å². The lowest BCUT2D eigenvalue weighted by molar-refractivity contribution is 0.0997. The normalized spacial score (nSPS) is 10.7. The van der Waals surface area contributed by atoms with Crippen LogP contribution in [0.25, 0.3) is 5.65 Å². The van der Waals surface area contributed by atoms with Crippen LogP contribution in [0.2, 0.25) is 5.15 Å². The van der Waals surface area contributed by atoms with E-state index in [4.69, 9.17) is 17.3 Å². The van der Waals surface area contributed by atoms with Crippen molar-refractivity contribution in [3.8, 4) is 0 Å². The molecule has 0 aliphatic heterocycles. The van der Waals surface area contributed by atoms with Crippen LogP contribution in [0.5, 0.6) is 0 Å². The van der Waals surface area contributed by atoms with Crippen molar-refractivity contribution in [3.63, 3.8) is 0 Å². The number of halogens is 1. The Labute approximate surface area is 84.5 Å². The zero-order valence-corrected chi connectivity index (χ0v) is 7.90. The molecule has 0 atom stereocenters. The van der Waals surface area contributed by atoms with Gasteiger partial charge in [-0.05, 0) is 6.07 Å². The van der Waals surface area contributed by atoms with Gasteiger partial charge in [0.2, 0.25) is 0 Å². The number of Topliss-reactive ketones (excluding diaryl/α,β-unsaturated/α-hetero) is 1. The molecule has 2 aromatic heterocycles. The third-order valence-corrected chi connectivity index (χ3v) is 2.18. The molecule has 0 radical (unpaired) electrons. The van der Waals surface area contributed by atoms with Gasteiger partial charge in [0.1, 0.15) is 22.8 Å². The van der Waals surface area contributed by atoms with Crippen molar-refractivity contribution in [2.75, 3.05) is 6.54 Å². The molecule has 6 heteroatoms. The van der Waals surface area contributed by atoms with Crippen molar-refractivity contribution < 1.29 is 4.79 Å². The summed E-state index contributed by atoms with van der Waals surface area (Å²) >= 11 is 5.91. The van der Waals surface area contributed by atoms with Crippen molar-refractivity contribution in [2.24, 2.45) is 5.73 Å². The summed E-state index contributed by atoms with van der Waals surface area (Å²) in [5, 5.41) is 0.253. The van der Waals surface area contributed by atoms with E-state index >= 15 is 0 Å². The van der Waals surface area contributed by atoms with Gasteiger partial charge in [0, 0.05) is 6.20 Å². The third-order valence-electron chi connectivity index (χ3n) is 1.82. The molecule has 0 aliphatic carbocycles. The molecule has 0 unspecified atom stereocenters. The smallest absolute Gasteiger partial charge is 0.197 e. The molecular weight excluding hydrogens is 204 g/mol. The summed E-state index contributed by atoms with van der Waals surface area (Å²) in [6.07, 6.45) is 3.08. The zero-order chi connectivity index (χ0) is 10.1. The monoisotopic (exact) mass is 210 g/mol. The van der Waals surface area contributed by atoms with Crippen LogP contribution in [0, 0.1) is 0 Å².